The lowest BCUT2D eigenvalue weighted by molar-refractivity contribution is -0.136. The molecule has 1 aliphatic carbocycles. The van der Waals surface area contributed by atoms with Crippen molar-refractivity contribution in [2.75, 3.05) is 32.1 Å². The zero-order valence-electron chi connectivity index (χ0n) is 16.1. The predicted octanol–water partition coefficient (Wildman–Crippen LogP) is 3.84. The maximum Gasteiger partial charge on any atom is 0.256 e. The Bertz CT molecular complexity index is 581. The Morgan fingerprint density at radius 1 is 1.19 bits per heavy atom. The number of rotatable bonds is 7. The summed E-state index contributed by atoms with van der Waals surface area (Å²) in [5.41, 5.74) is 0.135. The number of nitrogens with one attached hydrogen (secondary N) is 1. The Hall–Kier alpha value is -1.59. The second-order valence-electron chi connectivity index (χ2n) is 7.61. The van der Waals surface area contributed by atoms with Crippen molar-refractivity contribution in [2.24, 2.45) is 0 Å². The third-order valence-electron chi connectivity index (χ3n) is 5.92. The largest absolute Gasteiger partial charge is 0.492 e. The molecule has 1 aromatic rings. The van der Waals surface area contributed by atoms with Crippen LogP contribution in [0.4, 0.5) is 5.69 Å². The Morgan fingerprint density at radius 2 is 1.92 bits per heavy atom. The lowest BCUT2D eigenvalue weighted by atomic mass is 10.0. The lowest BCUT2D eigenvalue weighted by Crippen LogP contribution is -2.42. The van der Waals surface area contributed by atoms with Crippen molar-refractivity contribution in [3.63, 3.8) is 0 Å². The van der Waals surface area contributed by atoms with Crippen molar-refractivity contribution in [1.82, 2.24) is 4.90 Å². The van der Waals surface area contributed by atoms with Gasteiger partial charge in [0.1, 0.15) is 18.0 Å². The Labute approximate surface area is 157 Å². The van der Waals surface area contributed by atoms with Gasteiger partial charge in [-0.15, -0.1) is 0 Å². The van der Waals surface area contributed by atoms with Gasteiger partial charge in [0.2, 0.25) is 0 Å². The first kappa shape index (κ1) is 19.2. The molecule has 3 rings (SSSR count). The molecule has 0 spiro atoms. The van der Waals surface area contributed by atoms with E-state index in [1.165, 1.54) is 25.8 Å². The van der Waals surface area contributed by atoms with Crippen molar-refractivity contribution in [1.29, 1.82) is 0 Å². The number of methoxy groups -OCH3 is 1. The summed E-state index contributed by atoms with van der Waals surface area (Å²) in [6.07, 6.45) is 7.61. The van der Waals surface area contributed by atoms with Gasteiger partial charge < -0.3 is 14.8 Å². The van der Waals surface area contributed by atoms with Gasteiger partial charge in [-0.1, -0.05) is 6.42 Å². The van der Waals surface area contributed by atoms with Crippen LogP contribution >= 0.6 is 0 Å². The minimum atomic E-state index is -0.652. The standard InChI is InChI=1S/C21H32N2O3/c1-17-7-3-6-14-23(17)15-16-26-19-10-8-18(9-11-19)22-20(24)21(25-2)12-4-5-13-21/h8-11,17H,3-7,12-16H2,1-2H3,(H,22,24)/t17-/m0/s1. The number of piperidine rings is 1. The molecule has 1 saturated carbocycles. The van der Waals surface area contributed by atoms with E-state index in [2.05, 4.69) is 17.1 Å². The highest BCUT2D eigenvalue weighted by Gasteiger charge is 2.41. The summed E-state index contributed by atoms with van der Waals surface area (Å²) in [4.78, 5) is 15.1. The highest BCUT2D eigenvalue weighted by molar-refractivity contribution is 5.97. The minimum Gasteiger partial charge on any atom is -0.492 e. The van der Waals surface area contributed by atoms with Gasteiger partial charge in [0.25, 0.3) is 5.91 Å². The van der Waals surface area contributed by atoms with Gasteiger partial charge in [0.05, 0.1) is 0 Å². The molecule has 1 amide bonds. The van der Waals surface area contributed by atoms with Crippen LogP contribution in [0.25, 0.3) is 0 Å². The Balaban J connectivity index is 1.46. The topological polar surface area (TPSA) is 50.8 Å². The number of ether oxygens (including phenoxy) is 2. The first-order valence-corrected chi connectivity index (χ1v) is 9.96. The van der Waals surface area contributed by atoms with Crippen LogP contribution < -0.4 is 10.1 Å². The van der Waals surface area contributed by atoms with Gasteiger partial charge in [0, 0.05) is 25.4 Å². The fourth-order valence-electron chi connectivity index (χ4n) is 4.12. The van der Waals surface area contributed by atoms with Crippen molar-refractivity contribution in [3.05, 3.63) is 24.3 Å². The minimum absolute atomic E-state index is 0.0368. The number of hydrogen-bond donors (Lipinski definition) is 1. The van der Waals surface area contributed by atoms with Gasteiger partial charge in [-0.2, -0.15) is 0 Å². The smallest absolute Gasteiger partial charge is 0.256 e. The predicted molar refractivity (Wildman–Crippen MR) is 104 cm³/mol. The molecule has 5 heteroatoms. The summed E-state index contributed by atoms with van der Waals surface area (Å²) in [6, 6.07) is 8.30. The third-order valence-corrected chi connectivity index (χ3v) is 5.92. The van der Waals surface area contributed by atoms with E-state index < -0.39 is 5.60 Å². The van der Waals surface area contributed by atoms with Crippen LogP contribution in [0.2, 0.25) is 0 Å². The summed E-state index contributed by atoms with van der Waals surface area (Å²) in [5, 5.41) is 2.99. The van der Waals surface area contributed by atoms with Gasteiger partial charge in [0.15, 0.2) is 0 Å². The molecule has 0 aromatic heterocycles. The molecule has 0 unspecified atom stereocenters. The maximum absolute atomic E-state index is 12.6. The van der Waals surface area contributed by atoms with E-state index in [4.69, 9.17) is 9.47 Å². The van der Waals surface area contributed by atoms with Crippen molar-refractivity contribution < 1.29 is 14.3 Å². The molecule has 1 atom stereocenters. The molecular weight excluding hydrogens is 328 g/mol. The number of anilines is 1. The van der Waals surface area contributed by atoms with Gasteiger partial charge >= 0.3 is 0 Å². The number of carbonyl (C=O) groups excluding carboxylic acids is 1. The Morgan fingerprint density at radius 3 is 2.58 bits per heavy atom. The van der Waals surface area contributed by atoms with E-state index in [1.54, 1.807) is 7.11 Å². The normalized spacial score (nSPS) is 22.9. The van der Waals surface area contributed by atoms with Gasteiger partial charge in [-0.3, -0.25) is 9.69 Å². The third kappa shape index (κ3) is 4.57. The number of hydrogen-bond acceptors (Lipinski definition) is 4. The van der Waals surface area contributed by atoms with Gasteiger partial charge in [-0.05, 0) is 76.3 Å². The van der Waals surface area contributed by atoms with Crippen molar-refractivity contribution >= 4 is 11.6 Å². The molecule has 0 radical (unpaired) electrons. The number of nitrogens with zero attached hydrogens (tertiary/aromatic N) is 1. The molecule has 1 aromatic carbocycles. The number of benzene rings is 1. The van der Waals surface area contributed by atoms with Crippen LogP contribution in [0.3, 0.4) is 0 Å². The van der Waals surface area contributed by atoms with Crippen LogP contribution in [0.5, 0.6) is 5.75 Å². The number of amides is 1. The first-order valence-electron chi connectivity index (χ1n) is 9.96. The van der Waals surface area contributed by atoms with Crippen LogP contribution in [0.15, 0.2) is 24.3 Å². The zero-order chi connectivity index (χ0) is 18.4. The molecule has 144 valence electrons. The van der Waals surface area contributed by atoms with E-state index >= 15 is 0 Å². The monoisotopic (exact) mass is 360 g/mol. The first-order chi connectivity index (χ1) is 12.6. The second kappa shape index (κ2) is 8.87. The summed E-state index contributed by atoms with van der Waals surface area (Å²) in [5.74, 6) is 0.806. The number of carbonyl (C=O) groups is 1. The highest BCUT2D eigenvalue weighted by Crippen LogP contribution is 2.33. The lowest BCUT2D eigenvalue weighted by Gasteiger charge is -2.33. The second-order valence-corrected chi connectivity index (χ2v) is 7.61. The highest BCUT2D eigenvalue weighted by atomic mass is 16.5. The molecule has 1 heterocycles. The van der Waals surface area contributed by atoms with E-state index in [0.29, 0.717) is 12.6 Å². The quantitative estimate of drug-likeness (QED) is 0.803. The van der Waals surface area contributed by atoms with Gasteiger partial charge in [-0.25, -0.2) is 0 Å². The van der Waals surface area contributed by atoms with Crippen molar-refractivity contribution in [2.45, 2.75) is 63.5 Å². The molecule has 2 fully saturated rings. The van der Waals surface area contributed by atoms with E-state index in [1.807, 2.05) is 24.3 Å². The van der Waals surface area contributed by atoms with Crippen LogP contribution in [-0.4, -0.2) is 49.3 Å². The van der Waals surface area contributed by atoms with E-state index in [0.717, 1.165) is 43.7 Å². The SMILES string of the molecule is COC1(C(=O)Nc2ccc(OCCN3CCCC[C@@H]3C)cc2)CCCC1. The fraction of sp³-hybridized carbons (Fsp3) is 0.667. The molecular formula is C21H32N2O3. The average Bonchev–Trinajstić information content (AvgIpc) is 3.15. The van der Waals surface area contributed by atoms with E-state index in [-0.39, 0.29) is 5.91 Å². The maximum atomic E-state index is 12.6. The van der Waals surface area contributed by atoms with Crippen LogP contribution in [-0.2, 0) is 9.53 Å². The average molecular weight is 360 g/mol. The molecule has 2 aliphatic rings. The fourth-order valence-corrected chi connectivity index (χ4v) is 4.12. The summed E-state index contributed by atoms with van der Waals surface area (Å²) < 4.78 is 11.4. The molecule has 26 heavy (non-hydrogen) atoms. The number of likely N-dealkylation sites (tertiary alicyclic amines) is 1. The molecule has 0 bridgehead atoms. The van der Waals surface area contributed by atoms with E-state index in [9.17, 15) is 4.79 Å². The molecule has 1 saturated heterocycles. The Kier molecular flexibility index (Phi) is 6.54. The van der Waals surface area contributed by atoms with Crippen LogP contribution in [0, 0.1) is 0 Å². The summed E-state index contributed by atoms with van der Waals surface area (Å²) >= 11 is 0. The molecule has 1 aliphatic heterocycles. The summed E-state index contributed by atoms with van der Waals surface area (Å²) in [6.45, 7) is 5.14. The zero-order valence-corrected chi connectivity index (χ0v) is 16.1. The van der Waals surface area contributed by atoms with Crippen LogP contribution in [0.1, 0.15) is 51.9 Å². The summed E-state index contributed by atoms with van der Waals surface area (Å²) in [7, 11) is 1.63. The molecule has 5 nitrogen and oxygen atoms in total. The van der Waals surface area contributed by atoms with Crippen molar-refractivity contribution in [3.8, 4) is 5.75 Å². The molecule has 1 N–H and O–H groups in total.